The van der Waals surface area contributed by atoms with Crippen LogP contribution < -0.4 is 5.32 Å². The van der Waals surface area contributed by atoms with Crippen molar-refractivity contribution in [2.75, 3.05) is 5.32 Å². The number of fused-ring (bicyclic) bond motifs is 1. The molecule has 0 spiro atoms. The summed E-state index contributed by atoms with van der Waals surface area (Å²) in [6.07, 6.45) is 1.90. The number of nitrogens with one attached hydrogen (secondary N) is 1. The molecule has 102 valence electrons. The Balaban J connectivity index is 1.76. The Morgan fingerprint density at radius 2 is 2.05 bits per heavy atom. The van der Waals surface area contributed by atoms with Gasteiger partial charge in [0.2, 0.25) is 5.95 Å². The van der Waals surface area contributed by atoms with E-state index in [1.54, 1.807) is 4.52 Å². The lowest BCUT2D eigenvalue weighted by molar-refractivity contribution is 0.281. The van der Waals surface area contributed by atoms with E-state index in [2.05, 4.69) is 15.4 Å². The summed E-state index contributed by atoms with van der Waals surface area (Å²) >= 11 is 0. The van der Waals surface area contributed by atoms with Crippen LogP contribution in [0.25, 0.3) is 5.65 Å². The van der Waals surface area contributed by atoms with Crippen LogP contribution in [0.1, 0.15) is 16.7 Å². The fourth-order valence-electron chi connectivity index (χ4n) is 2.08. The normalized spacial score (nSPS) is 10.9. The maximum Gasteiger partial charge on any atom is 0.243 e. The van der Waals surface area contributed by atoms with E-state index in [1.165, 1.54) is 0 Å². The van der Waals surface area contributed by atoms with Crippen LogP contribution in [-0.4, -0.2) is 19.7 Å². The smallest absolute Gasteiger partial charge is 0.243 e. The third kappa shape index (κ3) is 2.62. The molecule has 0 aliphatic carbocycles. The van der Waals surface area contributed by atoms with Gasteiger partial charge in [0, 0.05) is 12.7 Å². The number of rotatable bonds is 4. The number of aromatic nitrogens is 3. The van der Waals surface area contributed by atoms with Crippen molar-refractivity contribution in [3.8, 4) is 0 Å². The molecule has 2 N–H and O–H groups in total. The predicted molar refractivity (Wildman–Crippen MR) is 77.4 cm³/mol. The number of hydrogen-bond acceptors (Lipinski definition) is 4. The zero-order chi connectivity index (χ0) is 13.9. The third-order valence-corrected chi connectivity index (χ3v) is 3.12. The Hall–Kier alpha value is -2.40. The summed E-state index contributed by atoms with van der Waals surface area (Å²) in [6.45, 7) is 2.71. The van der Waals surface area contributed by atoms with Gasteiger partial charge in [-0.25, -0.2) is 4.52 Å². The molecule has 5 nitrogen and oxygen atoms in total. The summed E-state index contributed by atoms with van der Waals surface area (Å²) in [7, 11) is 0. The number of aliphatic hydroxyl groups is 1. The Kier molecular flexibility index (Phi) is 3.35. The molecule has 3 aromatic rings. The van der Waals surface area contributed by atoms with Crippen LogP contribution in [0.5, 0.6) is 0 Å². The first kappa shape index (κ1) is 12.6. The minimum Gasteiger partial charge on any atom is -0.392 e. The van der Waals surface area contributed by atoms with Gasteiger partial charge < -0.3 is 10.4 Å². The molecule has 0 amide bonds. The zero-order valence-electron chi connectivity index (χ0n) is 11.2. The highest BCUT2D eigenvalue weighted by Gasteiger charge is 2.03. The van der Waals surface area contributed by atoms with E-state index in [0.717, 1.165) is 22.3 Å². The van der Waals surface area contributed by atoms with Gasteiger partial charge in [-0.05, 0) is 35.7 Å². The molecule has 1 aromatic carbocycles. The molecule has 2 aromatic heterocycles. The Morgan fingerprint density at radius 3 is 2.90 bits per heavy atom. The monoisotopic (exact) mass is 268 g/mol. The fraction of sp³-hybridized carbons (Fsp3) is 0.200. The highest BCUT2D eigenvalue weighted by atomic mass is 16.3. The first-order valence-corrected chi connectivity index (χ1v) is 6.50. The number of benzene rings is 1. The van der Waals surface area contributed by atoms with Crippen LogP contribution in [0.2, 0.25) is 0 Å². The van der Waals surface area contributed by atoms with Crippen LogP contribution in [0.4, 0.5) is 5.95 Å². The molecule has 0 bridgehead atoms. The maximum atomic E-state index is 9.12. The lowest BCUT2D eigenvalue weighted by Crippen LogP contribution is -2.01. The van der Waals surface area contributed by atoms with E-state index in [9.17, 15) is 0 Å². The van der Waals surface area contributed by atoms with Crippen molar-refractivity contribution < 1.29 is 5.11 Å². The molecule has 2 heterocycles. The van der Waals surface area contributed by atoms with Crippen molar-refractivity contribution in [3.05, 3.63) is 59.3 Å². The number of hydrogen-bond donors (Lipinski definition) is 2. The predicted octanol–water partition coefficient (Wildman–Crippen LogP) is 2.14. The number of nitrogens with zero attached hydrogens (tertiary/aromatic N) is 3. The molecule has 20 heavy (non-hydrogen) atoms. The molecule has 0 saturated heterocycles. The van der Waals surface area contributed by atoms with Crippen molar-refractivity contribution >= 4 is 11.6 Å². The number of anilines is 1. The zero-order valence-corrected chi connectivity index (χ0v) is 11.2. The van der Waals surface area contributed by atoms with E-state index < -0.39 is 0 Å². The molecule has 0 saturated carbocycles. The second-order valence-electron chi connectivity index (χ2n) is 4.77. The van der Waals surface area contributed by atoms with Gasteiger partial charge in [0.05, 0.1) is 6.61 Å². The quantitative estimate of drug-likeness (QED) is 0.761. The second-order valence-corrected chi connectivity index (χ2v) is 4.77. The number of pyridine rings is 1. The van der Waals surface area contributed by atoms with Gasteiger partial charge in [-0.3, -0.25) is 0 Å². The molecule has 0 aliphatic heterocycles. The minimum atomic E-state index is 0.0553. The van der Waals surface area contributed by atoms with Gasteiger partial charge in [-0.15, -0.1) is 5.10 Å². The number of aryl methyl sites for hydroxylation is 1. The Bertz CT molecular complexity index is 736. The van der Waals surface area contributed by atoms with Gasteiger partial charge in [-0.2, -0.15) is 4.98 Å². The molecule has 0 aliphatic rings. The molecular formula is C15H16N4O. The van der Waals surface area contributed by atoms with Crippen LogP contribution >= 0.6 is 0 Å². The minimum absolute atomic E-state index is 0.0553. The van der Waals surface area contributed by atoms with Gasteiger partial charge in [0.25, 0.3) is 0 Å². The van der Waals surface area contributed by atoms with E-state index in [4.69, 9.17) is 5.11 Å². The van der Waals surface area contributed by atoms with E-state index in [0.29, 0.717) is 12.5 Å². The van der Waals surface area contributed by atoms with Gasteiger partial charge >= 0.3 is 0 Å². The largest absolute Gasteiger partial charge is 0.392 e. The first-order chi connectivity index (χ1) is 9.74. The summed E-state index contributed by atoms with van der Waals surface area (Å²) in [4.78, 5) is 4.42. The first-order valence-electron chi connectivity index (χ1n) is 6.50. The van der Waals surface area contributed by atoms with Crippen LogP contribution in [0, 0.1) is 6.92 Å². The average molecular weight is 268 g/mol. The Labute approximate surface area is 116 Å². The van der Waals surface area contributed by atoms with Crippen molar-refractivity contribution in [2.24, 2.45) is 0 Å². The van der Waals surface area contributed by atoms with Crippen molar-refractivity contribution in [1.82, 2.24) is 14.6 Å². The summed E-state index contributed by atoms with van der Waals surface area (Å²) < 4.78 is 1.75. The standard InChI is InChI=1S/C15H16N4O/c1-11-5-6-19-14(7-11)17-15(18-19)16-9-12-3-2-4-13(8-12)10-20/h2-8,20H,9-10H2,1H3,(H,16,18). The summed E-state index contributed by atoms with van der Waals surface area (Å²) in [5.74, 6) is 0.602. The molecule has 0 atom stereocenters. The summed E-state index contributed by atoms with van der Waals surface area (Å²) in [6, 6.07) is 11.8. The highest BCUT2D eigenvalue weighted by molar-refractivity contribution is 5.45. The average Bonchev–Trinajstić information content (AvgIpc) is 2.87. The van der Waals surface area contributed by atoms with Gasteiger partial charge in [-0.1, -0.05) is 24.3 Å². The SMILES string of the molecule is Cc1ccn2nc(NCc3cccc(CO)c3)nc2c1. The highest BCUT2D eigenvalue weighted by Crippen LogP contribution is 2.10. The summed E-state index contributed by atoms with van der Waals surface area (Å²) in [5, 5.41) is 16.7. The second kappa shape index (κ2) is 5.30. The van der Waals surface area contributed by atoms with Crippen molar-refractivity contribution in [2.45, 2.75) is 20.1 Å². The maximum absolute atomic E-state index is 9.12. The third-order valence-electron chi connectivity index (χ3n) is 3.12. The summed E-state index contributed by atoms with van der Waals surface area (Å²) in [5.41, 5.74) is 3.98. The molecule has 5 heteroatoms. The fourth-order valence-corrected chi connectivity index (χ4v) is 2.08. The van der Waals surface area contributed by atoms with Crippen LogP contribution in [0.15, 0.2) is 42.6 Å². The van der Waals surface area contributed by atoms with E-state index >= 15 is 0 Å². The van der Waals surface area contributed by atoms with E-state index in [1.807, 2.05) is 49.5 Å². The molecule has 3 rings (SSSR count). The molecule has 0 unspecified atom stereocenters. The topological polar surface area (TPSA) is 62.5 Å². The van der Waals surface area contributed by atoms with Crippen LogP contribution in [-0.2, 0) is 13.2 Å². The Morgan fingerprint density at radius 1 is 1.20 bits per heavy atom. The molecule has 0 fully saturated rings. The van der Waals surface area contributed by atoms with E-state index in [-0.39, 0.29) is 6.61 Å². The van der Waals surface area contributed by atoms with Crippen LogP contribution in [0.3, 0.4) is 0 Å². The van der Waals surface area contributed by atoms with Gasteiger partial charge in [0.15, 0.2) is 5.65 Å². The van der Waals surface area contributed by atoms with Crippen molar-refractivity contribution in [1.29, 1.82) is 0 Å². The lowest BCUT2D eigenvalue weighted by atomic mass is 10.1. The number of aliphatic hydroxyl groups excluding tert-OH is 1. The molecular weight excluding hydrogens is 252 g/mol. The van der Waals surface area contributed by atoms with Crippen molar-refractivity contribution in [3.63, 3.8) is 0 Å². The molecule has 0 radical (unpaired) electrons. The lowest BCUT2D eigenvalue weighted by Gasteiger charge is -2.03. The van der Waals surface area contributed by atoms with Gasteiger partial charge in [0.1, 0.15) is 0 Å².